The van der Waals surface area contributed by atoms with Gasteiger partial charge in [0.2, 0.25) is 0 Å². The average molecular weight is 238 g/mol. The van der Waals surface area contributed by atoms with Gasteiger partial charge in [-0.25, -0.2) is 0 Å². The number of aliphatic hydroxyl groups is 2. The molecule has 0 aliphatic carbocycles. The van der Waals surface area contributed by atoms with Crippen LogP contribution >= 0.6 is 0 Å². The molecule has 0 atom stereocenters. The normalized spacial score (nSPS) is 11.2. The van der Waals surface area contributed by atoms with E-state index in [4.69, 9.17) is 0 Å². The van der Waals surface area contributed by atoms with Crippen LogP contribution in [0.15, 0.2) is 48.5 Å². The van der Waals surface area contributed by atoms with Gasteiger partial charge in [-0.15, -0.1) is 0 Å². The second kappa shape index (κ2) is 4.41. The van der Waals surface area contributed by atoms with E-state index in [2.05, 4.69) is 12.1 Å². The number of benzene rings is 3. The lowest BCUT2D eigenvalue weighted by Crippen LogP contribution is -1.87. The molecule has 3 aromatic carbocycles. The smallest absolute Gasteiger partial charge is 0.0687 e. The van der Waals surface area contributed by atoms with Crippen molar-refractivity contribution < 1.29 is 10.2 Å². The highest BCUT2D eigenvalue weighted by atomic mass is 16.3. The Balaban J connectivity index is 2.36. The first kappa shape index (κ1) is 11.2. The fourth-order valence-corrected chi connectivity index (χ4v) is 2.37. The molecule has 18 heavy (non-hydrogen) atoms. The van der Waals surface area contributed by atoms with Crippen molar-refractivity contribution in [2.75, 3.05) is 0 Å². The fourth-order valence-electron chi connectivity index (χ4n) is 2.37. The predicted octanol–water partition coefficient (Wildman–Crippen LogP) is 2.98. The third-order valence-corrected chi connectivity index (χ3v) is 3.35. The van der Waals surface area contributed by atoms with E-state index in [1.165, 1.54) is 0 Å². The van der Waals surface area contributed by atoms with E-state index >= 15 is 0 Å². The van der Waals surface area contributed by atoms with Gasteiger partial charge >= 0.3 is 0 Å². The van der Waals surface area contributed by atoms with Gasteiger partial charge in [0.15, 0.2) is 0 Å². The van der Waals surface area contributed by atoms with E-state index in [9.17, 15) is 10.2 Å². The number of rotatable bonds is 2. The summed E-state index contributed by atoms with van der Waals surface area (Å²) >= 11 is 0. The first-order chi connectivity index (χ1) is 8.81. The first-order valence-corrected chi connectivity index (χ1v) is 5.98. The van der Waals surface area contributed by atoms with Crippen molar-refractivity contribution in [2.45, 2.75) is 13.2 Å². The Morgan fingerprint density at radius 2 is 1.61 bits per heavy atom. The largest absolute Gasteiger partial charge is 0.392 e. The number of fused-ring (bicyclic) bond motifs is 2. The molecule has 0 saturated heterocycles. The fraction of sp³-hybridized carbons (Fsp3) is 0.125. The molecule has 3 rings (SSSR count). The number of hydrogen-bond donors (Lipinski definition) is 2. The maximum atomic E-state index is 9.37. The standard InChI is InChI=1S/C16H14O2/c17-9-11-4-5-12-7-13-2-1-3-14(10-18)16(13)8-15(12)6-11/h1-8,17-18H,9-10H2. The summed E-state index contributed by atoms with van der Waals surface area (Å²) in [6.07, 6.45) is 0. The molecule has 0 fully saturated rings. The SMILES string of the molecule is OCc1ccc2cc3cccc(CO)c3cc2c1. The Hall–Kier alpha value is -1.90. The van der Waals surface area contributed by atoms with E-state index in [1.54, 1.807) is 0 Å². The third-order valence-electron chi connectivity index (χ3n) is 3.35. The van der Waals surface area contributed by atoms with Gasteiger partial charge in [-0.3, -0.25) is 0 Å². The summed E-state index contributed by atoms with van der Waals surface area (Å²) in [6.45, 7) is 0.0954. The molecule has 90 valence electrons. The van der Waals surface area contributed by atoms with Gasteiger partial charge in [0, 0.05) is 0 Å². The molecule has 0 amide bonds. The number of aliphatic hydroxyl groups excluding tert-OH is 2. The molecular weight excluding hydrogens is 224 g/mol. The molecule has 2 N–H and O–H groups in total. The van der Waals surface area contributed by atoms with E-state index in [1.807, 2.05) is 36.4 Å². The zero-order chi connectivity index (χ0) is 12.5. The highest BCUT2D eigenvalue weighted by molar-refractivity contribution is 5.99. The molecule has 0 unspecified atom stereocenters. The quantitative estimate of drug-likeness (QED) is 0.674. The summed E-state index contributed by atoms with van der Waals surface area (Å²) in [5.74, 6) is 0. The van der Waals surface area contributed by atoms with Crippen molar-refractivity contribution in [1.82, 2.24) is 0 Å². The zero-order valence-electron chi connectivity index (χ0n) is 9.93. The van der Waals surface area contributed by atoms with Crippen molar-refractivity contribution in [3.8, 4) is 0 Å². The maximum Gasteiger partial charge on any atom is 0.0687 e. The van der Waals surface area contributed by atoms with E-state index in [0.717, 1.165) is 32.7 Å². The average Bonchev–Trinajstić information content (AvgIpc) is 2.43. The summed E-state index contributed by atoms with van der Waals surface area (Å²) < 4.78 is 0. The molecular formula is C16H14O2. The van der Waals surface area contributed by atoms with E-state index < -0.39 is 0 Å². The predicted molar refractivity (Wildman–Crippen MR) is 73.3 cm³/mol. The van der Waals surface area contributed by atoms with Crippen molar-refractivity contribution in [1.29, 1.82) is 0 Å². The van der Waals surface area contributed by atoms with Gasteiger partial charge < -0.3 is 10.2 Å². The van der Waals surface area contributed by atoms with Crippen LogP contribution in [0.5, 0.6) is 0 Å². The molecule has 2 heteroatoms. The van der Waals surface area contributed by atoms with Crippen LogP contribution in [0.4, 0.5) is 0 Å². The number of hydrogen-bond acceptors (Lipinski definition) is 2. The lowest BCUT2D eigenvalue weighted by atomic mass is 9.99. The van der Waals surface area contributed by atoms with Gasteiger partial charge in [0.1, 0.15) is 0 Å². The Kier molecular flexibility index (Phi) is 2.74. The van der Waals surface area contributed by atoms with Gasteiger partial charge in [0.25, 0.3) is 0 Å². The van der Waals surface area contributed by atoms with Gasteiger partial charge in [-0.2, -0.15) is 0 Å². The summed E-state index contributed by atoms with van der Waals surface area (Å²) in [5.41, 5.74) is 1.84. The minimum atomic E-state index is 0.0442. The minimum Gasteiger partial charge on any atom is -0.392 e. The summed E-state index contributed by atoms with van der Waals surface area (Å²) in [4.78, 5) is 0. The zero-order valence-corrected chi connectivity index (χ0v) is 9.93. The lowest BCUT2D eigenvalue weighted by Gasteiger charge is -2.07. The second-order valence-electron chi connectivity index (χ2n) is 4.49. The van der Waals surface area contributed by atoms with Crippen molar-refractivity contribution in [3.05, 3.63) is 59.7 Å². The van der Waals surface area contributed by atoms with Crippen LogP contribution in [0, 0.1) is 0 Å². The van der Waals surface area contributed by atoms with Crippen LogP contribution in [0.2, 0.25) is 0 Å². The lowest BCUT2D eigenvalue weighted by molar-refractivity contribution is 0.282. The van der Waals surface area contributed by atoms with Gasteiger partial charge in [-0.1, -0.05) is 30.3 Å². The highest BCUT2D eigenvalue weighted by Gasteiger charge is 2.03. The van der Waals surface area contributed by atoms with Crippen LogP contribution in [-0.4, -0.2) is 10.2 Å². The molecule has 0 aliphatic heterocycles. The Labute approximate surface area is 105 Å². The third kappa shape index (κ3) is 1.76. The van der Waals surface area contributed by atoms with Crippen LogP contribution in [0.1, 0.15) is 11.1 Å². The molecule has 0 aliphatic rings. The molecule has 3 aromatic rings. The van der Waals surface area contributed by atoms with Crippen molar-refractivity contribution in [3.63, 3.8) is 0 Å². The second-order valence-corrected chi connectivity index (χ2v) is 4.49. The monoisotopic (exact) mass is 238 g/mol. The Morgan fingerprint density at radius 1 is 0.722 bits per heavy atom. The molecule has 0 spiro atoms. The molecule has 0 aromatic heterocycles. The van der Waals surface area contributed by atoms with Crippen LogP contribution in [0.25, 0.3) is 21.5 Å². The van der Waals surface area contributed by atoms with Crippen LogP contribution < -0.4 is 0 Å². The Bertz CT molecular complexity index is 717. The van der Waals surface area contributed by atoms with E-state index in [-0.39, 0.29) is 13.2 Å². The highest BCUT2D eigenvalue weighted by Crippen LogP contribution is 2.26. The molecule has 0 saturated carbocycles. The van der Waals surface area contributed by atoms with Gasteiger partial charge in [-0.05, 0) is 50.9 Å². The van der Waals surface area contributed by atoms with Crippen molar-refractivity contribution >= 4 is 21.5 Å². The van der Waals surface area contributed by atoms with Crippen molar-refractivity contribution in [2.24, 2.45) is 0 Å². The molecule has 0 bridgehead atoms. The van der Waals surface area contributed by atoms with E-state index in [0.29, 0.717) is 0 Å². The minimum absolute atomic E-state index is 0.0442. The molecule has 0 radical (unpaired) electrons. The maximum absolute atomic E-state index is 9.37. The molecule has 2 nitrogen and oxygen atoms in total. The van der Waals surface area contributed by atoms with Crippen LogP contribution in [-0.2, 0) is 13.2 Å². The summed E-state index contributed by atoms with van der Waals surface area (Å²) in [6, 6.07) is 16.1. The summed E-state index contributed by atoms with van der Waals surface area (Å²) in [7, 11) is 0. The van der Waals surface area contributed by atoms with Crippen LogP contribution in [0.3, 0.4) is 0 Å². The van der Waals surface area contributed by atoms with Gasteiger partial charge in [0.05, 0.1) is 13.2 Å². The topological polar surface area (TPSA) is 40.5 Å². The first-order valence-electron chi connectivity index (χ1n) is 5.98. The summed E-state index contributed by atoms with van der Waals surface area (Å²) in [5, 5.41) is 23.0. The Morgan fingerprint density at radius 3 is 2.39 bits per heavy atom. The molecule has 0 heterocycles.